The molecule has 3 aromatic heterocycles. The number of hydrogen-bond acceptors (Lipinski definition) is 4. The minimum absolute atomic E-state index is 0.0502. The van der Waals surface area contributed by atoms with Crippen molar-refractivity contribution in [3.63, 3.8) is 0 Å². The molecule has 4 heterocycles. The molecule has 1 amide bonds. The fraction of sp³-hybridized carbons (Fsp3) is 0.474. The zero-order valence-electron chi connectivity index (χ0n) is 15.3. The molecule has 26 heavy (non-hydrogen) atoms. The summed E-state index contributed by atoms with van der Waals surface area (Å²) in [6.07, 6.45) is 7.29. The second-order valence-corrected chi connectivity index (χ2v) is 6.99. The van der Waals surface area contributed by atoms with Gasteiger partial charge in [-0.3, -0.25) is 9.48 Å². The zero-order chi connectivity index (χ0) is 18.1. The molecule has 1 saturated heterocycles. The fourth-order valence-electron chi connectivity index (χ4n) is 3.74. The molecule has 3 aromatic rings. The Labute approximate surface area is 152 Å². The van der Waals surface area contributed by atoms with Gasteiger partial charge < -0.3 is 4.90 Å². The average Bonchev–Trinajstić information content (AvgIpc) is 3.28. The number of rotatable bonds is 4. The molecule has 4 rings (SSSR count). The van der Waals surface area contributed by atoms with Crippen molar-refractivity contribution in [2.75, 3.05) is 6.54 Å². The van der Waals surface area contributed by atoms with Crippen LogP contribution in [0.4, 0.5) is 0 Å². The predicted octanol–water partition coefficient (Wildman–Crippen LogP) is 2.69. The minimum atomic E-state index is 0.0502. The van der Waals surface area contributed by atoms with E-state index in [0.29, 0.717) is 13.0 Å². The van der Waals surface area contributed by atoms with Gasteiger partial charge in [0.25, 0.3) is 0 Å². The van der Waals surface area contributed by atoms with Crippen molar-refractivity contribution in [3.05, 3.63) is 47.7 Å². The van der Waals surface area contributed by atoms with Gasteiger partial charge in [0.05, 0.1) is 23.6 Å². The van der Waals surface area contributed by atoms with Crippen LogP contribution in [0.25, 0.3) is 5.65 Å². The van der Waals surface area contributed by atoms with E-state index in [1.807, 2.05) is 46.3 Å². The van der Waals surface area contributed by atoms with Crippen LogP contribution >= 0.6 is 0 Å². The molecule has 7 nitrogen and oxygen atoms in total. The molecule has 0 N–H and O–H groups in total. The number of hydrogen-bond donors (Lipinski definition) is 0. The smallest absolute Gasteiger partial charge is 0.224 e. The van der Waals surface area contributed by atoms with Crippen LogP contribution in [0.1, 0.15) is 48.8 Å². The maximum Gasteiger partial charge on any atom is 0.224 e. The molecule has 0 aromatic carbocycles. The molecule has 1 atom stereocenters. The molecule has 0 radical (unpaired) electrons. The molecule has 0 aliphatic carbocycles. The summed E-state index contributed by atoms with van der Waals surface area (Å²) in [6.45, 7) is 5.40. The Balaban J connectivity index is 1.54. The van der Waals surface area contributed by atoms with E-state index in [1.165, 1.54) is 0 Å². The van der Waals surface area contributed by atoms with Gasteiger partial charge in [-0.05, 0) is 45.2 Å². The first kappa shape index (κ1) is 16.8. The zero-order valence-corrected chi connectivity index (χ0v) is 15.3. The van der Waals surface area contributed by atoms with Crippen molar-refractivity contribution in [2.24, 2.45) is 0 Å². The highest BCUT2D eigenvalue weighted by Crippen LogP contribution is 2.31. The normalized spacial score (nSPS) is 17.8. The van der Waals surface area contributed by atoms with E-state index in [0.717, 1.165) is 48.5 Å². The Morgan fingerprint density at radius 2 is 2.15 bits per heavy atom. The summed E-state index contributed by atoms with van der Waals surface area (Å²) in [6, 6.07) is 5.98. The minimum Gasteiger partial charge on any atom is -0.334 e. The highest BCUT2D eigenvalue weighted by atomic mass is 16.2. The molecule has 1 fully saturated rings. The van der Waals surface area contributed by atoms with Crippen LogP contribution in [0, 0.1) is 13.8 Å². The number of piperidine rings is 1. The third-order valence-electron chi connectivity index (χ3n) is 5.05. The van der Waals surface area contributed by atoms with Crippen LogP contribution in [0.2, 0.25) is 0 Å². The molecule has 0 spiro atoms. The number of carbonyl (C=O) groups excluding carboxylic acids is 1. The second-order valence-electron chi connectivity index (χ2n) is 6.99. The lowest BCUT2D eigenvalue weighted by molar-refractivity contribution is -0.135. The van der Waals surface area contributed by atoms with Gasteiger partial charge in [0.2, 0.25) is 5.91 Å². The first-order valence-corrected chi connectivity index (χ1v) is 9.22. The second kappa shape index (κ2) is 6.90. The van der Waals surface area contributed by atoms with Crippen molar-refractivity contribution >= 4 is 11.6 Å². The van der Waals surface area contributed by atoms with E-state index in [1.54, 1.807) is 6.20 Å². The predicted molar refractivity (Wildman–Crippen MR) is 97.6 cm³/mol. The van der Waals surface area contributed by atoms with Crippen molar-refractivity contribution in [1.29, 1.82) is 0 Å². The number of nitrogens with zero attached hydrogens (tertiary/aromatic N) is 6. The third-order valence-corrected chi connectivity index (χ3v) is 5.05. The SMILES string of the molecule is Cc1ccn(CCC(=O)N2CCCC[C@H]2c2cc(C)n3nccc3n2)n1. The Morgan fingerprint density at radius 1 is 1.27 bits per heavy atom. The summed E-state index contributed by atoms with van der Waals surface area (Å²) >= 11 is 0. The Bertz CT molecular complexity index is 927. The van der Waals surface area contributed by atoms with Crippen LogP contribution in [0.15, 0.2) is 30.6 Å². The Kier molecular flexibility index (Phi) is 4.44. The standard InChI is InChI=1S/C19H24N6O/c1-14-7-11-23(22-14)12-8-19(26)24-10-4-3-5-17(24)16-13-15(2)25-18(21-16)6-9-20-25/h6-7,9,11,13,17H,3-5,8,10,12H2,1-2H3/t17-/m0/s1. The summed E-state index contributed by atoms with van der Waals surface area (Å²) in [4.78, 5) is 19.7. The van der Waals surface area contributed by atoms with Gasteiger partial charge in [-0.2, -0.15) is 10.2 Å². The summed E-state index contributed by atoms with van der Waals surface area (Å²) in [5, 5.41) is 8.66. The topological polar surface area (TPSA) is 68.3 Å². The van der Waals surface area contributed by atoms with Crippen LogP contribution in [0.3, 0.4) is 0 Å². The van der Waals surface area contributed by atoms with E-state index in [2.05, 4.69) is 16.3 Å². The summed E-state index contributed by atoms with van der Waals surface area (Å²) in [5.41, 5.74) is 3.82. The highest BCUT2D eigenvalue weighted by molar-refractivity contribution is 5.76. The first-order valence-electron chi connectivity index (χ1n) is 9.22. The first-order chi connectivity index (χ1) is 12.6. The van der Waals surface area contributed by atoms with Crippen LogP contribution < -0.4 is 0 Å². The fourth-order valence-corrected chi connectivity index (χ4v) is 3.74. The van der Waals surface area contributed by atoms with E-state index >= 15 is 0 Å². The molecular weight excluding hydrogens is 328 g/mol. The van der Waals surface area contributed by atoms with E-state index in [9.17, 15) is 4.79 Å². The molecule has 136 valence electrons. The number of likely N-dealkylation sites (tertiary alicyclic amines) is 1. The summed E-state index contributed by atoms with van der Waals surface area (Å²) < 4.78 is 3.67. The number of fused-ring (bicyclic) bond motifs is 1. The number of amides is 1. The molecule has 1 aliphatic heterocycles. The maximum absolute atomic E-state index is 12.9. The van der Waals surface area contributed by atoms with Crippen molar-refractivity contribution in [3.8, 4) is 0 Å². The molecule has 7 heteroatoms. The average molecular weight is 352 g/mol. The van der Waals surface area contributed by atoms with E-state index in [4.69, 9.17) is 4.98 Å². The van der Waals surface area contributed by atoms with Crippen LogP contribution in [-0.4, -0.2) is 41.7 Å². The van der Waals surface area contributed by atoms with Crippen molar-refractivity contribution < 1.29 is 4.79 Å². The number of aromatic nitrogens is 5. The lowest BCUT2D eigenvalue weighted by Crippen LogP contribution is -2.39. The van der Waals surface area contributed by atoms with Crippen molar-refractivity contribution in [2.45, 2.75) is 52.1 Å². The maximum atomic E-state index is 12.9. The third kappa shape index (κ3) is 3.21. The Morgan fingerprint density at radius 3 is 2.96 bits per heavy atom. The lowest BCUT2D eigenvalue weighted by Gasteiger charge is -2.35. The molecule has 0 saturated carbocycles. The van der Waals surface area contributed by atoms with Gasteiger partial charge in [-0.15, -0.1) is 0 Å². The molecule has 0 unspecified atom stereocenters. The number of carbonyl (C=O) groups is 1. The largest absolute Gasteiger partial charge is 0.334 e. The monoisotopic (exact) mass is 352 g/mol. The van der Waals surface area contributed by atoms with Gasteiger partial charge >= 0.3 is 0 Å². The van der Waals surface area contributed by atoms with Crippen LogP contribution in [0.5, 0.6) is 0 Å². The number of aryl methyl sites for hydroxylation is 3. The van der Waals surface area contributed by atoms with Crippen molar-refractivity contribution in [1.82, 2.24) is 29.3 Å². The van der Waals surface area contributed by atoms with E-state index < -0.39 is 0 Å². The van der Waals surface area contributed by atoms with Gasteiger partial charge in [0, 0.05) is 37.5 Å². The highest BCUT2D eigenvalue weighted by Gasteiger charge is 2.29. The summed E-state index contributed by atoms with van der Waals surface area (Å²) in [5.74, 6) is 0.177. The van der Waals surface area contributed by atoms with E-state index in [-0.39, 0.29) is 11.9 Å². The van der Waals surface area contributed by atoms with Gasteiger partial charge in [0.15, 0.2) is 5.65 Å². The summed E-state index contributed by atoms with van der Waals surface area (Å²) in [7, 11) is 0. The van der Waals surface area contributed by atoms with Gasteiger partial charge in [-0.1, -0.05) is 0 Å². The van der Waals surface area contributed by atoms with Gasteiger partial charge in [-0.25, -0.2) is 9.50 Å². The van der Waals surface area contributed by atoms with Gasteiger partial charge in [0.1, 0.15) is 0 Å². The van der Waals surface area contributed by atoms with Crippen LogP contribution in [-0.2, 0) is 11.3 Å². The molecule has 0 bridgehead atoms. The lowest BCUT2D eigenvalue weighted by atomic mass is 9.98. The quantitative estimate of drug-likeness (QED) is 0.724. The molecule has 1 aliphatic rings. The molecular formula is C19H24N6O. The Hall–Kier alpha value is -2.70.